The molecule has 2 aliphatic rings. The number of nitrogens with two attached hydrogens (primary N) is 1. The summed E-state index contributed by atoms with van der Waals surface area (Å²) < 4.78 is 6.01. The van der Waals surface area contributed by atoms with E-state index in [-0.39, 0.29) is 18.0 Å². The zero-order valence-corrected chi connectivity index (χ0v) is 21.2. The van der Waals surface area contributed by atoms with Crippen LogP contribution >= 0.6 is 0 Å². The number of benzene rings is 2. The van der Waals surface area contributed by atoms with Gasteiger partial charge in [-0.1, -0.05) is 42.7 Å². The monoisotopic (exact) mass is 502 g/mol. The standard InChI is InChI=1S/C27H34N8O2/c1-19(12-15-26(36)35(18-25-30-32-33-31-25)21-8-4-2-5-9-21)34-17-20-16-23(13-14-24(20)29-27(34)28)37-22-10-6-3-7-11-22/h3,6-7,10-11,13-14,16,19,21H,2,4-5,8-9,12,15,17-18H2,1H3,(H2,28,29)(H,30,31,32,33)/t19-/m1/s1. The first kappa shape index (κ1) is 24.7. The fourth-order valence-electron chi connectivity index (χ4n) is 5.17. The minimum atomic E-state index is 0.0397. The second-order valence-corrected chi connectivity index (χ2v) is 9.83. The summed E-state index contributed by atoms with van der Waals surface area (Å²) in [4.78, 5) is 22.0. The van der Waals surface area contributed by atoms with Gasteiger partial charge in [-0.2, -0.15) is 5.21 Å². The normalized spacial score (nSPS) is 16.6. The number of para-hydroxylation sites is 1. The van der Waals surface area contributed by atoms with Crippen LogP contribution in [-0.4, -0.2) is 54.4 Å². The number of rotatable bonds is 9. The van der Waals surface area contributed by atoms with Crippen molar-refractivity contribution in [2.45, 2.75) is 77.0 Å². The molecule has 0 radical (unpaired) electrons. The minimum absolute atomic E-state index is 0.0397. The maximum atomic E-state index is 13.4. The minimum Gasteiger partial charge on any atom is -0.457 e. The summed E-state index contributed by atoms with van der Waals surface area (Å²) in [6, 6.07) is 15.8. The van der Waals surface area contributed by atoms with E-state index in [1.54, 1.807) is 0 Å². The van der Waals surface area contributed by atoms with Crippen LogP contribution in [-0.2, 0) is 17.9 Å². The third kappa shape index (κ3) is 6.07. The molecule has 0 bridgehead atoms. The number of aromatic amines is 1. The van der Waals surface area contributed by atoms with Crippen LogP contribution in [0.1, 0.15) is 63.3 Å². The van der Waals surface area contributed by atoms with Gasteiger partial charge in [-0.25, -0.2) is 4.99 Å². The molecule has 37 heavy (non-hydrogen) atoms. The molecule has 1 aliphatic heterocycles. The number of amides is 1. The van der Waals surface area contributed by atoms with Gasteiger partial charge in [-0.05, 0) is 56.5 Å². The molecule has 1 aromatic heterocycles. The number of carbonyl (C=O) groups is 1. The van der Waals surface area contributed by atoms with Gasteiger partial charge in [0.1, 0.15) is 11.5 Å². The first-order valence-electron chi connectivity index (χ1n) is 13.1. The Morgan fingerprint density at radius 1 is 1.16 bits per heavy atom. The number of nitrogens with zero attached hydrogens (tertiary/aromatic N) is 6. The van der Waals surface area contributed by atoms with E-state index in [0.717, 1.165) is 48.4 Å². The first-order valence-corrected chi connectivity index (χ1v) is 13.1. The Hall–Kier alpha value is -3.95. The lowest BCUT2D eigenvalue weighted by Crippen LogP contribution is -2.45. The highest BCUT2D eigenvalue weighted by atomic mass is 16.5. The van der Waals surface area contributed by atoms with E-state index in [0.29, 0.717) is 37.7 Å². The van der Waals surface area contributed by atoms with Crippen LogP contribution in [0.25, 0.3) is 0 Å². The largest absolute Gasteiger partial charge is 0.457 e. The van der Waals surface area contributed by atoms with Crippen LogP contribution in [0.5, 0.6) is 11.5 Å². The van der Waals surface area contributed by atoms with E-state index in [1.165, 1.54) is 6.42 Å². The molecule has 3 N–H and O–H groups in total. The third-order valence-electron chi connectivity index (χ3n) is 7.24. The van der Waals surface area contributed by atoms with Gasteiger partial charge >= 0.3 is 0 Å². The zero-order valence-electron chi connectivity index (χ0n) is 21.2. The molecule has 0 unspecified atom stereocenters. The number of tetrazole rings is 1. The summed E-state index contributed by atoms with van der Waals surface area (Å²) in [6.45, 7) is 3.09. The predicted molar refractivity (Wildman–Crippen MR) is 140 cm³/mol. The average Bonchev–Trinajstić information content (AvgIpc) is 3.44. The van der Waals surface area contributed by atoms with Crippen molar-refractivity contribution >= 4 is 17.6 Å². The van der Waals surface area contributed by atoms with Gasteiger partial charge in [-0.3, -0.25) is 4.79 Å². The maximum absolute atomic E-state index is 13.4. The van der Waals surface area contributed by atoms with Crippen molar-refractivity contribution in [3.63, 3.8) is 0 Å². The van der Waals surface area contributed by atoms with Crippen molar-refractivity contribution in [2.75, 3.05) is 0 Å². The summed E-state index contributed by atoms with van der Waals surface area (Å²) in [6.07, 6.45) is 6.65. The highest BCUT2D eigenvalue weighted by Gasteiger charge is 2.28. The number of H-pyrrole nitrogens is 1. The van der Waals surface area contributed by atoms with Crippen molar-refractivity contribution < 1.29 is 9.53 Å². The Labute approximate surface area is 216 Å². The van der Waals surface area contributed by atoms with Crippen molar-refractivity contribution in [1.82, 2.24) is 30.4 Å². The van der Waals surface area contributed by atoms with Gasteiger partial charge in [0.25, 0.3) is 0 Å². The number of ether oxygens (including phenoxy) is 1. The van der Waals surface area contributed by atoms with Crippen molar-refractivity contribution in [1.29, 1.82) is 0 Å². The number of aliphatic imine (C=N–C) groups is 1. The van der Waals surface area contributed by atoms with Crippen LogP contribution in [0.2, 0.25) is 0 Å². The molecule has 1 fully saturated rings. The molecule has 10 nitrogen and oxygen atoms in total. The van der Waals surface area contributed by atoms with Gasteiger partial charge in [0.05, 0.1) is 12.2 Å². The SMILES string of the molecule is C[C@H](CCC(=O)N(Cc1nn[nH]n1)C1CCCCC1)N1Cc2cc(Oc3ccccc3)ccc2N=C1N. The number of carbonyl (C=O) groups excluding carboxylic acids is 1. The number of fused-ring (bicyclic) bond motifs is 1. The molecule has 0 saturated heterocycles. The highest BCUT2D eigenvalue weighted by molar-refractivity contribution is 5.84. The fourth-order valence-corrected chi connectivity index (χ4v) is 5.17. The molecule has 1 aliphatic carbocycles. The molecule has 2 heterocycles. The summed E-state index contributed by atoms with van der Waals surface area (Å²) >= 11 is 0. The lowest BCUT2D eigenvalue weighted by atomic mass is 9.93. The maximum Gasteiger partial charge on any atom is 0.223 e. The predicted octanol–water partition coefficient (Wildman–Crippen LogP) is 4.28. The molecular formula is C27H34N8O2. The van der Waals surface area contributed by atoms with Crippen molar-refractivity contribution in [3.8, 4) is 11.5 Å². The number of guanidine groups is 1. The van der Waals surface area contributed by atoms with E-state index >= 15 is 0 Å². The molecule has 3 aromatic rings. The molecular weight excluding hydrogens is 468 g/mol. The molecule has 10 heteroatoms. The zero-order chi connectivity index (χ0) is 25.6. The second kappa shape index (κ2) is 11.4. The number of aromatic nitrogens is 4. The third-order valence-corrected chi connectivity index (χ3v) is 7.24. The number of nitrogens with one attached hydrogen (secondary N) is 1. The second-order valence-electron chi connectivity index (χ2n) is 9.83. The van der Waals surface area contributed by atoms with E-state index in [2.05, 4.69) is 37.4 Å². The van der Waals surface area contributed by atoms with Crippen LogP contribution in [0.3, 0.4) is 0 Å². The molecule has 194 valence electrons. The summed E-state index contributed by atoms with van der Waals surface area (Å²) in [5.41, 5.74) is 8.24. The summed E-state index contributed by atoms with van der Waals surface area (Å²) in [5, 5.41) is 14.3. The van der Waals surface area contributed by atoms with Gasteiger partial charge in [0, 0.05) is 30.6 Å². The van der Waals surface area contributed by atoms with Gasteiger partial charge in [0.2, 0.25) is 5.91 Å². The number of hydrogen-bond donors (Lipinski definition) is 2. The van der Waals surface area contributed by atoms with Crippen LogP contribution in [0.4, 0.5) is 5.69 Å². The van der Waals surface area contributed by atoms with E-state index in [4.69, 9.17) is 10.5 Å². The van der Waals surface area contributed by atoms with E-state index in [9.17, 15) is 4.79 Å². The smallest absolute Gasteiger partial charge is 0.223 e. The van der Waals surface area contributed by atoms with Crippen molar-refractivity contribution in [2.24, 2.45) is 10.7 Å². The van der Waals surface area contributed by atoms with Crippen molar-refractivity contribution in [3.05, 3.63) is 59.9 Å². The fraction of sp³-hybridized carbons (Fsp3) is 0.444. The Balaban J connectivity index is 1.22. The average molecular weight is 503 g/mol. The summed E-state index contributed by atoms with van der Waals surface area (Å²) in [7, 11) is 0. The lowest BCUT2D eigenvalue weighted by molar-refractivity contribution is -0.135. The Bertz CT molecular complexity index is 1210. The van der Waals surface area contributed by atoms with Gasteiger partial charge in [0.15, 0.2) is 11.8 Å². The highest BCUT2D eigenvalue weighted by Crippen LogP contribution is 2.32. The topological polar surface area (TPSA) is 126 Å². The lowest BCUT2D eigenvalue weighted by Gasteiger charge is -2.36. The van der Waals surface area contributed by atoms with Crippen LogP contribution < -0.4 is 10.5 Å². The molecule has 1 atom stereocenters. The molecule has 0 spiro atoms. The van der Waals surface area contributed by atoms with Gasteiger partial charge in [-0.15, -0.1) is 10.2 Å². The van der Waals surface area contributed by atoms with E-state index < -0.39 is 0 Å². The first-order chi connectivity index (χ1) is 18.1. The molecule has 1 amide bonds. The quantitative estimate of drug-likeness (QED) is 0.447. The van der Waals surface area contributed by atoms with Gasteiger partial charge < -0.3 is 20.3 Å². The Morgan fingerprint density at radius 2 is 1.97 bits per heavy atom. The summed E-state index contributed by atoms with van der Waals surface area (Å²) in [5.74, 6) is 2.68. The molecule has 2 aromatic carbocycles. The van der Waals surface area contributed by atoms with E-state index in [1.807, 2.05) is 53.4 Å². The molecule has 1 saturated carbocycles. The van der Waals surface area contributed by atoms with Crippen LogP contribution in [0, 0.1) is 0 Å². The Kier molecular flexibility index (Phi) is 7.62. The van der Waals surface area contributed by atoms with Crippen LogP contribution in [0.15, 0.2) is 53.5 Å². The molecule has 5 rings (SSSR count). The number of hydrogen-bond acceptors (Lipinski definition) is 8. The Morgan fingerprint density at radius 3 is 2.73 bits per heavy atom.